The fourth-order valence-corrected chi connectivity index (χ4v) is 1.45. The van der Waals surface area contributed by atoms with Crippen LogP contribution in [-0.2, 0) is 0 Å². The van der Waals surface area contributed by atoms with Crippen LogP contribution in [0.5, 0.6) is 0 Å². The van der Waals surface area contributed by atoms with Crippen molar-refractivity contribution in [2.75, 3.05) is 6.61 Å². The Morgan fingerprint density at radius 3 is 2.73 bits per heavy atom. The highest BCUT2D eigenvalue weighted by atomic mass is 35.5. The third-order valence-electron chi connectivity index (χ3n) is 2.03. The molecule has 0 radical (unpaired) electrons. The standard InChI is InChI=1S/C10H13ClFNO.ClH/c11-7-3-4-9(12)8(6-7)10(13)2-1-5-14;/h3-4,6,10,14H,1-2,5,13H2;1H/t10-;/m1./s1. The van der Waals surface area contributed by atoms with Gasteiger partial charge in [0.25, 0.3) is 0 Å². The summed E-state index contributed by atoms with van der Waals surface area (Å²) in [5.41, 5.74) is 6.15. The first-order chi connectivity index (χ1) is 6.65. The van der Waals surface area contributed by atoms with Gasteiger partial charge in [0.15, 0.2) is 0 Å². The lowest BCUT2D eigenvalue weighted by Gasteiger charge is -2.12. The molecule has 0 fully saturated rings. The molecule has 1 aromatic rings. The molecule has 15 heavy (non-hydrogen) atoms. The molecule has 0 amide bonds. The Balaban J connectivity index is 0.00000196. The van der Waals surface area contributed by atoms with Gasteiger partial charge in [-0.1, -0.05) is 11.6 Å². The third-order valence-corrected chi connectivity index (χ3v) is 2.27. The summed E-state index contributed by atoms with van der Waals surface area (Å²) < 4.78 is 13.2. The van der Waals surface area contributed by atoms with Gasteiger partial charge in [-0.3, -0.25) is 0 Å². The molecule has 0 bridgehead atoms. The van der Waals surface area contributed by atoms with Gasteiger partial charge in [-0.15, -0.1) is 12.4 Å². The summed E-state index contributed by atoms with van der Waals surface area (Å²) in [5, 5.41) is 9.08. The van der Waals surface area contributed by atoms with Gasteiger partial charge in [0.2, 0.25) is 0 Å². The van der Waals surface area contributed by atoms with Crippen molar-refractivity contribution in [1.82, 2.24) is 0 Å². The zero-order chi connectivity index (χ0) is 10.6. The van der Waals surface area contributed by atoms with Crippen LogP contribution in [0.2, 0.25) is 5.02 Å². The molecule has 0 aliphatic carbocycles. The lowest BCUT2D eigenvalue weighted by molar-refractivity contribution is 0.279. The predicted molar refractivity (Wildman–Crippen MR) is 61.9 cm³/mol. The smallest absolute Gasteiger partial charge is 0.128 e. The third kappa shape index (κ3) is 4.34. The van der Waals surface area contributed by atoms with E-state index in [4.69, 9.17) is 22.4 Å². The number of benzene rings is 1. The molecule has 3 N–H and O–H groups in total. The van der Waals surface area contributed by atoms with E-state index < -0.39 is 6.04 Å². The summed E-state index contributed by atoms with van der Waals surface area (Å²) in [6.45, 7) is 0.0654. The fourth-order valence-electron chi connectivity index (χ4n) is 1.27. The molecule has 0 unspecified atom stereocenters. The summed E-state index contributed by atoms with van der Waals surface area (Å²) in [7, 11) is 0. The maximum absolute atomic E-state index is 13.2. The molecule has 0 aliphatic heterocycles. The average molecular weight is 254 g/mol. The Labute approximate surface area is 99.6 Å². The van der Waals surface area contributed by atoms with Crippen molar-refractivity contribution in [3.63, 3.8) is 0 Å². The van der Waals surface area contributed by atoms with Crippen LogP contribution in [0.15, 0.2) is 18.2 Å². The van der Waals surface area contributed by atoms with Gasteiger partial charge in [0.05, 0.1) is 0 Å². The summed E-state index contributed by atoms with van der Waals surface area (Å²) in [4.78, 5) is 0. The number of hydrogen-bond acceptors (Lipinski definition) is 2. The molecular weight excluding hydrogens is 240 g/mol. The highest BCUT2D eigenvalue weighted by Crippen LogP contribution is 2.22. The Kier molecular flexibility index (Phi) is 6.85. The monoisotopic (exact) mass is 253 g/mol. The van der Waals surface area contributed by atoms with Crippen LogP contribution in [0.25, 0.3) is 0 Å². The van der Waals surface area contributed by atoms with E-state index in [9.17, 15) is 4.39 Å². The van der Waals surface area contributed by atoms with E-state index in [1.165, 1.54) is 18.2 Å². The molecule has 86 valence electrons. The maximum Gasteiger partial charge on any atom is 0.128 e. The first kappa shape index (κ1) is 14.6. The van der Waals surface area contributed by atoms with Crippen LogP contribution in [0, 0.1) is 5.82 Å². The van der Waals surface area contributed by atoms with E-state index in [-0.39, 0.29) is 24.8 Å². The molecule has 5 heteroatoms. The fraction of sp³-hybridized carbons (Fsp3) is 0.400. The Bertz CT molecular complexity index is 309. The van der Waals surface area contributed by atoms with Gasteiger partial charge in [-0.2, -0.15) is 0 Å². The second kappa shape index (κ2) is 7.01. The van der Waals surface area contributed by atoms with E-state index in [2.05, 4.69) is 0 Å². The van der Waals surface area contributed by atoms with Crippen molar-refractivity contribution in [2.24, 2.45) is 5.73 Å². The van der Waals surface area contributed by atoms with Gasteiger partial charge in [-0.05, 0) is 31.0 Å². The minimum atomic E-state index is -0.402. The van der Waals surface area contributed by atoms with Gasteiger partial charge in [-0.25, -0.2) is 4.39 Å². The molecule has 0 spiro atoms. The maximum atomic E-state index is 13.2. The molecule has 0 aromatic heterocycles. The Morgan fingerprint density at radius 2 is 2.13 bits per heavy atom. The molecular formula is C10H14Cl2FNO. The van der Waals surface area contributed by atoms with Crippen LogP contribution >= 0.6 is 24.0 Å². The van der Waals surface area contributed by atoms with Crippen molar-refractivity contribution in [3.05, 3.63) is 34.6 Å². The predicted octanol–water partition coefficient (Wildman–Crippen LogP) is 2.67. The largest absolute Gasteiger partial charge is 0.396 e. The summed E-state index contributed by atoms with van der Waals surface area (Å²) >= 11 is 5.72. The van der Waals surface area contributed by atoms with E-state index >= 15 is 0 Å². The Morgan fingerprint density at radius 1 is 1.47 bits per heavy atom. The van der Waals surface area contributed by atoms with Gasteiger partial charge >= 0.3 is 0 Å². The van der Waals surface area contributed by atoms with Crippen molar-refractivity contribution in [1.29, 1.82) is 0 Å². The number of hydrogen-bond donors (Lipinski definition) is 2. The molecule has 0 aliphatic rings. The van der Waals surface area contributed by atoms with Crippen molar-refractivity contribution in [3.8, 4) is 0 Å². The van der Waals surface area contributed by atoms with Crippen molar-refractivity contribution < 1.29 is 9.50 Å². The van der Waals surface area contributed by atoms with Crippen LogP contribution in [0.1, 0.15) is 24.4 Å². The highest BCUT2D eigenvalue weighted by Gasteiger charge is 2.11. The number of aliphatic hydroxyl groups is 1. The molecule has 0 saturated carbocycles. The highest BCUT2D eigenvalue weighted by molar-refractivity contribution is 6.30. The number of nitrogens with two attached hydrogens (primary N) is 1. The van der Waals surface area contributed by atoms with Crippen LogP contribution in [-0.4, -0.2) is 11.7 Å². The molecule has 0 saturated heterocycles. The first-order valence-electron chi connectivity index (χ1n) is 4.46. The topological polar surface area (TPSA) is 46.2 Å². The molecule has 0 heterocycles. The van der Waals surface area contributed by atoms with E-state index in [0.29, 0.717) is 23.4 Å². The summed E-state index contributed by atoms with van der Waals surface area (Å²) in [6.07, 6.45) is 1.11. The molecule has 1 rings (SSSR count). The first-order valence-corrected chi connectivity index (χ1v) is 4.84. The van der Waals surface area contributed by atoms with Gasteiger partial charge < -0.3 is 10.8 Å². The number of aliphatic hydroxyl groups excluding tert-OH is 1. The second-order valence-corrected chi connectivity index (χ2v) is 3.57. The lowest BCUT2D eigenvalue weighted by atomic mass is 10.0. The SMILES string of the molecule is Cl.N[C@H](CCCO)c1cc(Cl)ccc1F. The van der Waals surface area contributed by atoms with E-state index in [1.807, 2.05) is 0 Å². The Hall–Kier alpha value is -0.350. The van der Waals surface area contributed by atoms with Crippen LogP contribution in [0.3, 0.4) is 0 Å². The average Bonchev–Trinajstić information content (AvgIpc) is 2.18. The number of halogens is 3. The number of rotatable bonds is 4. The minimum Gasteiger partial charge on any atom is -0.396 e. The second-order valence-electron chi connectivity index (χ2n) is 3.14. The minimum absolute atomic E-state index is 0. The quantitative estimate of drug-likeness (QED) is 0.867. The van der Waals surface area contributed by atoms with Crippen molar-refractivity contribution in [2.45, 2.75) is 18.9 Å². The molecule has 1 aromatic carbocycles. The summed E-state index contributed by atoms with van der Waals surface area (Å²) in [6, 6.07) is 3.91. The van der Waals surface area contributed by atoms with Gasteiger partial charge in [0, 0.05) is 23.2 Å². The zero-order valence-corrected chi connectivity index (χ0v) is 9.69. The normalized spacial score (nSPS) is 12.0. The van der Waals surface area contributed by atoms with E-state index in [0.717, 1.165) is 0 Å². The van der Waals surface area contributed by atoms with Crippen LogP contribution < -0.4 is 5.73 Å². The summed E-state index contributed by atoms with van der Waals surface area (Å²) in [5.74, 6) is -0.347. The van der Waals surface area contributed by atoms with Crippen LogP contribution in [0.4, 0.5) is 4.39 Å². The zero-order valence-electron chi connectivity index (χ0n) is 8.12. The van der Waals surface area contributed by atoms with E-state index in [1.54, 1.807) is 0 Å². The van der Waals surface area contributed by atoms with Gasteiger partial charge in [0.1, 0.15) is 5.82 Å². The molecule has 1 atom stereocenters. The molecule has 2 nitrogen and oxygen atoms in total. The van der Waals surface area contributed by atoms with Crippen molar-refractivity contribution >= 4 is 24.0 Å². The lowest BCUT2D eigenvalue weighted by Crippen LogP contribution is -2.12.